The Morgan fingerprint density at radius 1 is 1.14 bits per heavy atom. The number of ether oxygens (including phenoxy) is 1. The van der Waals surface area contributed by atoms with Gasteiger partial charge in [0.05, 0.1) is 19.8 Å². The van der Waals surface area contributed by atoms with Crippen LogP contribution < -0.4 is 16.4 Å². The molecule has 1 aromatic carbocycles. The van der Waals surface area contributed by atoms with E-state index in [0.717, 1.165) is 18.9 Å². The highest BCUT2D eigenvalue weighted by Gasteiger charge is 2.24. The van der Waals surface area contributed by atoms with Gasteiger partial charge < -0.3 is 30.8 Å². The zero-order valence-corrected chi connectivity index (χ0v) is 19.7. The van der Waals surface area contributed by atoms with Crippen LogP contribution in [-0.4, -0.2) is 88.4 Å². The molecule has 2 aliphatic rings. The fraction of sp³-hybridized carbons (Fsp3) is 0.391. The van der Waals surface area contributed by atoms with Crippen molar-refractivity contribution in [2.24, 2.45) is 5.73 Å². The Labute approximate surface area is 207 Å². The molecule has 2 fully saturated rings. The summed E-state index contributed by atoms with van der Waals surface area (Å²) in [5.41, 5.74) is 6.46. The minimum atomic E-state index is -0.789. The lowest BCUT2D eigenvalue weighted by Crippen LogP contribution is -2.43. The summed E-state index contributed by atoms with van der Waals surface area (Å²) in [7, 11) is 0. The Kier molecular flexibility index (Phi) is 8.02. The molecular formula is C23H28N8O5. The third-order valence-electron chi connectivity index (χ3n) is 5.72. The zero-order valence-electron chi connectivity index (χ0n) is 19.7. The molecule has 36 heavy (non-hydrogen) atoms. The van der Waals surface area contributed by atoms with Gasteiger partial charge in [0.1, 0.15) is 0 Å². The lowest BCUT2D eigenvalue weighted by Gasteiger charge is -2.31. The van der Waals surface area contributed by atoms with Gasteiger partial charge in [-0.3, -0.25) is 9.59 Å². The highest BCUT2D eigenvalue weighted by Crippen LogP contribution is 2.21. The number of carbonyl (C=O) groups is 3. The monoisotopic (exact) mass is 496 g/mol. The lowest BCUT2D eigenvalue weighted by atomic mass is 10.1. The van der Waals surface area contributed by atoms with Crippen LogP contribution in [0.3, 0.4) is 0 Å². The average molecular weight is 497 g/mol. The highest BCUT2D eigenvalue weighted by molar-refractivity contribution is 5.97. The van der Waals surface area contributed by atoms with Gasteiger partial charge in [0.15, 0.2) is 11.5 Å². The molecule has 0 spiro atoms. The standard InChI is InChI=1S/C23H28N8O5/c1-2-18(32)36-31-9-3-4-17(14-31)26-23-27-21(19(20(24)33)28-29-23)25-16-7-5-15(6-8-16)22(34)30-10-12-35-13-11-30/h2,5-8,17H,1,3-4,9-14H2,(H2,24,33)(H2,25,26,27,29)/t17-/m1/s1. The third-order valence-corrected chi connectivity index (χ3v) is 5.72. The second-order valence-corrected chi connectivity index (χ2v) is 8.29. The number of carbonyl (C=O) groups excluding carboxylic acids is 3. The summed E-state index contributed by atoms with van der Waals surface area (Å²) >= 11 is 0. The Balaban J connectivity index is 1.44. The number of primary amides is 1. The minimum absolute atomic E-state index is 0.0711. The van der Waals surface area contributed by atoms with Crippen molar-refractivity contribution in [2.75, 3.05) is 50.0 Å². The first-order valence-electron chi connectivity index (χ1n) is 11.6. The molecule has 4 rings (SSSR count). The number of benzene rings is 1. The molecule has 0 bridgehead atoms. The summed E-state index contributed by atoms with van der Waals surface area (Å²) in [6.45, 7) is 6.58. The summed E-state index contributed by atoms with van der Waals surface area (Å²) in [5, 5.41) is 15.6. The van der Waals surface area contributed by atoms with Gasteiger partial charge in [0.2, 0.25) is 5.95 Å². The van der Waals surface area contributed by atoms with Crippen LogP contribution in [-0.2, 0) is 14.4 Å². The molecular weight excluding hydrogens is 468 g/mol. The number of piperidine rings is 1. The number of hydroxylamine groups is 2. The summed E-state index contributed by atoms with van der Waals surface area (Å²) in [6, 6.07) is 6.69. The van der Waals surface area contributed by atoms with Crippen molar-refractivity contribution >= 4 is 35.2 Å². The largest absolute Gasteiger partial charge is 0.378 e. The number of nitrogens with one attached hydrogen (secondary N) is 2. The van der Waals surface area contributed by atoms with Gasteiger partial charge in [0, 0.05) is 43.0 Å². The van der Waals surface area contributed by atoms with Gasteiger partial charge >= 0.3 is 5.97 Å². The Hall–Kier alpha value is -4.10. The SMILES string of the molecule is C=CC(=O)ON1CCC[C@@H](Nc2nnc(C(N)=O)c(Nc3ccc(C(=O)N4CCOCC4)cc3)n2)C1. The molecule has 2 aliphatic heterocycles. The fourth-order valence-electron chi connectivity index (χ4n) is 3.91. The smallest absolute Gasteiger partial charge is 0.349 e. The van der Waals surface area contributed by atoms with E-state index in [4.69, 9.17) is 15.3 Å². The maximum atomic E-state index is 12.7. The van der Waals surface area contributed by atoms with Crippen LogP contribution in [0.15, 0.2) is 36.9 Å². The number of aromatic nitrogens is 3. The van der Waals surface area contributed by atoms with Gasteiger partial charge in [-0.1, -0.05) is 6.58 Å². The average Bonchev–Trinajstić information content (AvgIpc) is 2.89. The van der Waals surface area contributed by atoms with Gasteiger partial charge in [-0.2, -0.15) is 4.98 Å². The van der Waals surface area contributed by atoms with Crippen LogP contribution in [0.25, 0.3) is 0 Å². The molecule has 0 radical (unpaired) electrons. The van der Waals surface area contributed by atoms with E-state index in [2.05, 4.69) is 32.4 Å². The van der Waals surface area contributed by atoms with E-state index in [9.17, 15) is 14.4 Å². The Morgan fingerprint density at radius 2 is 1.89 bits per heavy atom. The first kappa shape index (κ1) is 25.0. The van der Waals surface area contributed by atoms with Crippen LogP contribution in [0.4, 0.5) is 17.5 Å². The molecule has 3 heterocycles. The van der Waals surface area contributed by atoms with E-state index in [0.29, 0.717) is 50.6 Å². The molecule has 0 saturated carbocycles. The van der Waals surface area contributed by atoms with E-state index >= 15 is 0 Å². The predicted molar refractivity (Wildman–Crippen MR) is 129 cm³/mol. The van der Waals surface area contributed by atoms with E-state index in [-0.39, 0.29) is 29.4 Å². The van der Waals surface area contributed by atoms with Crippen molar-refractivity contribution in [1.82, 2.24) is 25.1 Å². The topological polar surface area (TPSA) is 165 Å². The molecule has 13 nitrogen and oxygen atoms in total. The molecule has 13 heteroatoms. The number of rotatable bonds is 8. The maximum absolute atomic E-state index is 12.7. The number of nitrogens with two attached hydrogens (primary N) is 1. The summed E-state index contributed by atoms with van der Waals surface area (Å²) in [6.07, 6.45) is 2.69. The van der Waals surface area contributed by atoms with Gasteiger partial charge in [0.25, 0.3) is 11.8 Å². The van der Waals surface area contributed by atoms with E-state index in [1.54, 1.807) is 34.2 Å². The normalized spacial score (nSPS) is 18.2. The van der Waals surface area contributed by atoms with Crippen LogP contribution in [0.1, 0.15) is 33.7 Å². The number of nitrogens with zero attached hydrogens (tertiary/aromatic N) is 5. The summed E-state index contributed by atoms with van der Waals surface area (Å²) in [4.78, 5) is 47.4. The quantitative estimate of drug-likeness (QED) is 0.441. The number of morpholine rings is 1. The second kappa shape index (κ2) is 11.6. The van der Waals surface area contributed by atoms with Crippen molar-refractivity contribution in [2.45, 2.75) is 18.9 Å². The van der Waals surface area contributed by atoms with Crippen molar-refractivity contribution in [1.29, 1.82) is 0 Å². The first-order valence-corrected chi connectivity index (χ1v) is 11.6. The number of hydrogen-bond acceptors (Lipinski definition) is 11. The summed E-state index contributed by atoms with van der Waals surface area (Å²) in [5.74, 6) is -1.08. The fourth-order valence-corrected chi connectivity index (χ4v) is 3.91. The third kappa shape index (κ3) is 6.31. The molecule has 190 valence electrons. The van der Waals surface area contributed by atoms with E-state index in [1.807, 2.05) is 0 Å². The van der Waals surface area contributed by atoms with Crippen LogP contribution in [0, 0.1) is 0 Å². The van der Waals surface area contributed by atoms with Gasteiger partial charge in [-0.05, 0) is 37.1 Å². The van der Waals surface area contributed by atoms with Gasteiger partial charge in [-0.25, -0.2) is 4.79 Å². The van der Waals surface area contributed by atoms with Crippen molar-refractivity contribution in [3.8, 4) is 0 Å². The minimum Gasteiger partial charge on any atom is -0.378 e. The van der Waals surface area contributed by atoms with Crippen LogP contribution >= 0.6 is 0 Å². The first-order chi connectivity index (χ1) is 17.4. The molecule has 0 aliphatic carbocycles. The number of hydrogen-bond donors (Lipinski definition) is 3. The molecule has 2 aromatic rings. The summed E-state index contributed by atoms with van der Waals surface area (Å²) < 4.78 is 5.29. The highest BCUT2D eigenvalue weighted by atomic mass is 16.7. The lowest BCUT2D eigenvalue weighted by molar-refractivity contribution is -0.188. The number of anilines is 3. The molecule has 0 unspecified atom stereocenters. The number of amides is 2. The predicted octanol–water partition coefficient (Wildman–Crippen LogP) is 0.707. The Bertz CT molecular complexity index is 1120. The maximum Gasteiger partial charge on any atom is 0.349 e. The molecule has 4 N–H and O–H groups in total. The molecule has 1 atom stereocenters. The molecule has 1 aromatic heterocycles. The van der Waals surface area contributed by atoms with Crippen molar-refractivity contribution in [3.63, 3.8) is 0 Å². The zero-order chi connectivity index (χ0) is 25.5. The van der Waals surface area contributed by atoms with E-state index in [1.165, 1.54) is 0 Å². The van der Waals surface area contributed by atoms with Crippen LogP contribution in [0.5, 0.6) is 0 Å². The molecule has 2 amide bonds. The van der Waals surface area contributed by atoms with Crippen molar-refractivity contribution < 1.29 is 24.0 Å². The van der Waals surface area contributed by atoms with Gasteiger partial charge in [-0.15, -0.1) is 15.3 Å². The molecule has 2 saturated heterocycles. The Morgan fingerprint density at radius 3 is 2.58 bits per heavy atom. The van der Waals surface area contributed by atoms with Crippen molar-refractivity contribution in [3.05, 3.63) is 48.2 Å². The van der Waals surface area contributed by atoms with E-state index < -0.39 is 11.9 Å². The second-order valence-electron chi connectivity index (χ2n) is 8.29. The van der Waals surface area contributed by atoms with Crippen LogP contribution in [0.2, 0.25) is 0 Å².